The van der Waals surface area contributed by atoms with Crippen molar-refractivity contribution in [1.29, 1.82) is 0 Å². The largest absolute Gasteiger partial charge is 0.392 e. The standard InChI is InChI=1S/C12H26N2O/c1-10(2)14(3)9-5-8-13-11-6-4-7-12(11)15/h10-13,15H,4-9H2,1-3H3/t11-,12-/m0/s1. The zero-order valence-corrected chi connectivity index (χ0v) is 10.4. The van der Waals surface area contributed by atoms with E-state index in [0.717, 1.165) is 32.4 Å². The van der Waals surface area contributed by atoms with Crippen molar-refractivity contribution in [3.8, 4) is 0 Å². The van der Waals surface area contributed by atoms with Gasteiger partial charge in [0.1, 0.15) is 0 Å². The molecule has 1 aliphatic carbocycles. The number of rotatable bonds is 6. The Morgan fingerprint density at radius 1 is 1.40 bits per heavy atom. The first-order chi connectivity index (χ1) is 7.11. The van der Waals surface area contributed by atoms with Crippen LogP contribution in [0.2, 0.25) is 0 Å². The summed E-state index contributed by atoms with van der Waals surface area (Å²) in [5.74, 6) is 0. The fraction of sp³-hybridized carbons (Fsp3) is 1.00. The van der Waals surface area contributed by atoms with Crippen LogP contribution in [0.15, 0.2) is 0 Å². The Bertz CT molecular complexity index is 173. The quantitative estimate of drug-likeness (QED) is 0.653. The lowest BCUT2D eigenvalue weighted by Gasteiger charge is -2.22. The lowest BCUT2D eigenvalue weighted by atomic mass is 10.2. The van der Waals surface area contributed by atoms with Gasteiger partial charge in [-0.1, -0.05) is 0 Å². The van der Waals surface area contributed by atoms with Crippen molar-refractivity contribution in [1.82, 2.24) is 10.2 Å². The van der Waals surface area contributed by atoms with E-state index in [2.05, 4.69) is 31.1 Å². The third-order valence-corrected chi connectivity index (χ3v) is 3.46. The molecule has 0 aliphatic heterocycles. The van der Waals surface area contributed by atoms with Crippen molar-refractivity contribution < 1.29 is 5.11 Å². The van der Waals surface area contributed by atoms with E-state index in [4.69, 9.17) is 0 Å². The van der Waals surface area contributed by atoms with Crippen molar-refractivity contribution in [2.45, 2.75) is 57.7 Å². The highest BCUT2D eigenvalue weighted by atomic mass is 16.3. The average Bonchev–Trinajstić information content (AvgIpc) is 2.58. The molecule has 0 radical (unpaired) electrons. The summed E-state index contributed by atoms with van der Waals surface area (Å²) in [4.78, 5) is 2.35. The molecule has 1 saturated carbocycles. The molecule has 1 fully saturated rings. The van der Waals surface area contributed by atoms with E-state index < -0.39 is 0 Å². The van der Waals surface area contributed by atoms with Crippen LogP contribution >= 0.6 is 0 Å². The van der Waals surface area contributed by atoms with Gasteiger partial charge in [0.15, 0.2) is 0 Å². The number of aliphatic hydroxyl groups is 1. The lowest BCUT2D eigenvalue weighted by Crippen LogP contribution is -2.37. The number of nitrogens with one attached hydrogen (secondary N) is 1. The van der Waals surface area contributed by atoms with E-state index in [9.17, 15) is 5.11 Å². The molecule has 3 heteroatoms. The third kappa shape index (κ3) is 4.49. The lowest BCUT2D eigenvalue weighted by molar-refractivity contribution is 0.148. The Balaban J connectivity index is 2.01. The highest BCUT2D eigenvalue weighted by Gasteiger charge is 2.23. The molecule has 0 saturated heterocycles. The van der Waals surface area contributed by atoms with Gasteiger partial charge >= 0.3 is 0 Å². The summed E-state index contributed by atoms with van der Waals surface area (Å²) in [7, 11) is 2.16. The van der Waals surface area contributed by atoms with Crippen molar-refractivity contribution in [2.24, 2.45) is 0 Å². The summed E-state index contributed by atoms with van der Waals surface area (Å²) in [6.07, 6.45) is 4.35. The van der Waals surface area contributed by atoms with E-state index in [1.807, 2.05) is 0 Å². The van der Waals surface area contributed by atoms with Crippen LogP contribution in [0.1, 0.15) is 39.5 Å². The van der Waals surface area contributed by atoms with Crippen LogP contribution in [-0.2, 0) is 0 Å². The van der Waals surface area contributed by atoms with Crippen LogP contribution in [0.5, 0.6) is 0 Å². The van der Waals surface area contributed by atoms with Crippen LogP contribution in [0.4, 0.5) is 0 Å². The van der Waals surface area contributed by atoms with E-state index in [-0.39, 0.29) is 6.10 Å². The molecule has 3 nitrogen and oxygen atoms in total. The molecule has 90 valence electrons. The summed E-state index contributed by atoms with van der Waals surface area (Å²) in [6, 6.07) is 0.983. The van der Waals surface area contributed by atoms with E-state index in [0.29, 0.717) is 12.1 Å². The summed E-state index contributed by atoms with van der Waals surface area (Å²) >= 11 is 0. The second-order valence-electron chi connectivity index (χ2n) is 4.99. The van der Waals surface area contributed by atoms with Gasteiger partial charge in [0.05, 0.1) is 6.10 Å². The van der Waals surface area contributed by atoms with Gasteiger partial charge in [0, 0.05) is 12.1 Å². The van der Waals surface area contributed by atoms with Crippen LogP contribution < -0.4 is 5.32 Å². The molecule has 2 atom stereocenters. The van der Waals surface area contributed by atoms with Crippen LogP contribution in [-0.4, -0.2) is 48.3 Å². The average molecular weight is 214 g/mol. The maximum atomic E-state index is 9.61. The molecule has 2 N–H and O–H groups in total. The Morgan fingerprint density at radius 3 is 2.67 bits per heavy atom. The van der Waals surface area contributed by atoms with Crippen molar-refractivity contribution in [3.63, 3.8) is 0 Å². The number of hydrogen-bond donors (Lipinski definition) is 2. The Hall–Kier alpha value is -0.120. The monoisotopic (exact) mass is 214 g/mol. The summed E-state index contributed by atoms with van der Waals surface area (Å²) < 4.78 is 0. The van der Waals surface area contributed by atoms with Gasteiger partial charge in [-0.15, -0.1) is 0 Å². The van der Waals surface area contributed by atoms with Crippen molar-refractivity contribution in [2.75, 3.05) is 20.1 Å². The first kappa shape index (κ1) is 12.9. The molecule has 15 heavy (non-hydrogen) atoms. The first-order valence-corrected chi connectivity index (χ1v) is 6.23. The minimum atomic E-state index is -0.104. The summed E-state index contributed by atoms with van der Waals surface area (Å²) in [6.45, 7) is 6.59. The van der Waals surface area contributed by atoms with Gasteiger partial charge in [0.25, 0.3) is 0 Å². The third-order valence-electron chi connectivity index (χ3n) is 3.46. The molecule has 0 aromatic rings. The van der Waals surface area contributed by atoms with Gasteiger partial charge in [0.2, 0.25) is 0 Å². The molecule has 0 unspecified atom stereocenters. The number of aliphatic hydroxyl groups excluding tert-OH is 1. The molecule has 0 spiro atoms. The molecular weight excluding hydrogens is 188 g/mol. The van der Waals surface area contributed by atoms with E-state index >= 15 is 0 Å². The Labute approximate surface area is 93.9 Å². The normalized spacial score (nSPS) is 26.8. The molecule has 0 bridgehead atoms. The molecule has 1 rings (SSSR count). The highest BCUT2D eigenvalue weighted by Crippen LogP contribution is 2.18. The van der Waals surface area contributed by atoms with Gasteiger partial charge in [-0.3, -0.25) is 0 Å². The van der Waals surface area contributed by atoms with Gasteiger partial charge in [-0.25, -0.2) is 0 Å². The number of nitrogens with zero attached hydrogens (tertiary/aromatic N) is 1. The predicted octanol–water partition coefficient (Wildman–Crippen LogP) is 1.22. The van der Waals surface area contributed by atoms with Gasteiger partial charge in [-0.05, 0) is 59.7 Å². The Morgan fingerprint density at radius 2 is 2.13 bits per heavy atom. The van der Waals surface area contributed by atoms with Gasteiger partial charge in [-0.2, -0.15) is 0 Å². The maximum absolute atomic E-state index is 9.61. The molecular formula is C12H26N2O. The zero-order chi connectivity index (χ0) is 11.3. The van der Waals surface area contributed by atoms with E-state index in [1.54, 1.807) is 0 Å². The van der Waals surface area contributed by atoms with Crippen LogP contribution in [0.3, 0.4) is 0 Å². The molecule has 0 heterocycles. The van der Waals surface area contributed by atoms with E-state index in [1.165, 1.54) is 6.42 Å². The molecule has 0 aromatic heterocycles. The summed E-state index contributed by atoms with van der Waals surface area (Å²) in [5, 5.41) is 13.1. The second-order valence-corrected chi connectivity index (χ2v) is 4.99. The fourth-order valence-electron chi connectivity index (χ4n) is 2.05. The zero-order valence-electron chi connectivity index (χ0n) is 10.4. The smallest absolute Gasteiger partial charge is 0.0693 e. The van der Waals surface area contributed by atoms with Gasteiger partial charge < -0.3 is 15.3 Å². The second kappa shape index (κ2) is 6.46. The Kier molecular flexibility index (Phi) is 5.58. The maximum Gasteiger partial charge on any atom is 0.0693 e. The number of hydrogen-bond acceptors (Lipinski definition) is 3. The fourth-order valence-corrected chi connectivity index (χ4v) is 2.05. The summed E-state index contributed by atoms with van der Waals surface area (Å²) in [5.41, 5.74) is 0. The molecule has 1 aliphatic rings. The predicted molar refractivity (Wildman–Crippen MR) is 64.0 cm³/mol. The minimum absolute atomic E-state index is 0.104. The van der Waals surface area contributed by atoms with Crippen LogP contribution in [0, 0.1) is 0 Å². The minimum Gasteiger partial charge on any atom is -0.392 e. The van der Waals surface area contributed by atoms with Crippen LogP contribution in [0.25, 0.3) is 0 Å². The van der Waals surface area contributed by atoms with Crippen molar-refractivity contribution in [3.05, 3.63) is 0 Å². The molecule has 0 aromatic carbocycles. The topological polar surface area (TPSA) is 35.5 Å². The SMILES string of the molecule is CC(C)N(C)CCCN[C@H]1CCC[C@@H]1O. The first-order valence-electron chi connectivity index (χ1n) is 6.23. The van der Waals surface area contributed by atoms with Crippen molar-refractivity contribution >= 4 is 0 Å². The molecule has 0 amide bonds. The highest BCUT2D eigenvalue weighted by molar-refractivity contribution is 4.82.